The lowest BCUT2D eigenvalue weighted by Gasteiger charge is -2.18. The van der Waals surface area contributed by atoms with Crippen molar-refractivity contribution in [2.75, 3.05) is 5.32 Å². The summed E-state index contributed by atoms with van der Waals surface area (Å²) in [5.41, 5.74) is 1.55. The van der Waals surface area contributed by atoms with Crippen LogP contribution in [0.5, 0.6) is 0 Å². The summed E-state index contributed by atoms with van der Waals surface area (Å²) in [6.07, 6.45) is 0. The molecule has 2 aromatic carbocycles. The Morgan fingerprint density at radius 1 is 1.04 bits per heavy atom. The van der Waals surface area contributed by atoms with Crippen molar-refractivity contribution in [1.29, 1.82) is 0 Å². The lowest BCUT2D eigenvalue weighted by atomic mass is 10.1. The van der Waals surface area contributed by atoms with Gasteiger partial charge in [-0.15, -0.1) is 0 Å². The van der Waals surface area contributed by atoms with Crippen molar-refractivity contribution in [2.45, 2.75) is 25.9 Å². The van der Waals surface area contributed by atoms with Crippen molar-refractivity contribution in [1.82, 2.24) is 0 Å². The number of carbonyl (C=O) groups is 1. The van der Waals surface area contributed by atoms with E-state index in [1.165, 1.54) is 0 Å². The van der Waals surface area contributed by atoms with Gasteiger partial charge in [-0.2, -0.15) is 0 Å². The molecule has 3 N–H and O–H groups in total. The summed E-state index contributed by atoms with van der Waals surface area (Å²) in [5, 5.41) is 6.41. The molecule has 0 radical (unpaired) electrons. The van der Waals surface area contributed by atoms with E-state index in [1.54, 1.807) is 18.2 Å². The number of rotatable bonds is 5. The maximum absolute atomic E-state index is 12.3. The van der Waals surface area contributed by atoms with E-state index in [0.717, 1.165) is 5.56 Å². The number of nitrogens with one attached hydrogen (secondary N) is 1. The van der Waals surface area contributed by atoms with Crippen molar-refractivity contribution < 1.29 is 10.1 Å². The fourth-order valence-electron chi connectivity index (χ4n) is 2.31. The van der Waals surface area contributed by atoms with Crippen LogP contribution in [0, 0.1) is 0 Å². The quantitative estimate of drug-likeness (QED) is 0.807. The Morgan fingerprint density at radius 2 is 1.74 bits per heavy atom. The van der Waals surface area contributed by atoms with Crippen molar-refractivity contribution in [3.05, 3.63) is 63.1 Å². The molecular weight excluding hydrogens is 355 g/mol. The van der Waals surface area contributed by atoms with Crippen molar-refractivity contribution in [3.63, 3.8) is 0 Å². The van der Waals surface area contributed by atoms with Gasteiger partial charge in [-0.25, -0.2) is 0 Å². The third kappa shape index (κ3) is 4.85. The molecule has 2 rings (SSSR count). The molecule has 6 heteroatoms. The highest BCUT2D eigenvalue weighted by Crippen LogP contribution is 2.25. The molecule has 0 aliphatic heterocycles. The van der Waals surface area contributed by atoms with Crippen LogP contribution in [0.25, 0.3) is 0 Å². The minimum atomic E-state index is -0.298. The summed E-state index contributed by atoms with van der Waals surface area (Å²) in [5.74, 6) is -0.131. The van der Waals surface area contributed by atoms with Gasteiger partial charge < -0.3 is 10.6 Å². The van der Waals surface area contributed by atoms with Crippen molar-refractivity contribution >= 4 is 46.4 Å². The average Bonchev–Trinajstić information content (AvgIpc) is 2.50. The predicted octanol–water partition coefficient (Wildman–Crippen LogP) is 4.30. The Balaban J connectivity index is 2.01. The third-order valence-corrected chi connectivity index (χ3v) is 4.47. The molecule has 0 saturated heterocycles. The van der Waals surface area contributed by atoms with Gasteiger partial charge in [0.1, 0.15) is 6.04 Å². The molecule has 0 unspecified atom stereocenters. The minimum absolute atomic E-state index is 0.0603. The van der Waals surface area contributed by atoms with Crippen LogP contribution in [0.2, 0.25) is 15.1 Å². The van der Waals surface area contributed by atoms with Crippen molar-refractivity contribution in [3.8, 4) is 0 Å². The first-order chi connectivity index (χ1) is 10.9. The van der Waals surface area contributed by atoms with Gasteiger partial charge >= 0.3 is 0 Å². The molecule has 3 nitrogen and oxygen atoms in total. The lowest BCUT2D eigenvalue weighted by molar-refractivity contribution is -0.709. The normalized spacial score (nSPS) is 13.4. The highest BCUT2D eigenvalue weighted by molar-refractivity contribution is 6.36. The first kappa shape index (κ1) is 18.1. The van der Waals surface area contributed by atoms with Crippen LogP contribution >= 0.6 is 34.8 Å². The van der Waals surface area contributed by atoms with Crippen LogP contribution in [-0.2, 0) is 4.79 Å². The van der Waals surface area contributed by atoms with Gasteiger partial charge in [0, 0.05) is 15.6 Å². The number of hydrogen-bond acceptors (Lipinski definition) is 1. The number of anilines is 1. The standard InChI is InChI=1S/C17H17Cl3N2O/c1-10(13-5-3-4-6-14(13)19)21-11(2)17(23)22-16-8-7-12(18)9-15(16)20/h3-11,21H,1-2H3,(H,22,23)/p+1/t10-,11+/m0/s1. The molecule has 0 aromatic heterocycles. The highest BCUT2D eigenvalue weighted by atomic mass is 35.5. The topological polar surface area (TPSA) is 45.7 Å². The highest BCUT2D eigenvalue weighted by Gasteiger charge is 2.22. The van der Waals surface area contributed by atoms with Crippen LogP contribution in [-0.4, -0.2) is 11.9 Å². The van der Waals surface area contributed by atoms with E-state index in [9.17, 15) is 4.79 Å². The molecule has 2 atom stereocenters. The maximum Gasteiger partial charge on any atom is 0.282 e. The number of halogens is 3. The summed E-state index contributed by atoms with van der Waals surface area (Å²) >= 11 is 18.1. The number of amides is 1. The van der Waals surface area contributed by atoms with E-state index in [-0.39, 0.29) is 18.0 Å². The second-order valence-corrected chi connectivity index (χ2v) is 6.66. The van der Waals surface area contributed by atoms with E-state index in [2.05, 4.69) is 5.32 Å². The molecule has 23 heavy (non-hydrogen) atoms. The van der Waals surface area contributed by atoms with Gasteiger partial charge in [-0.05, 0) is 38.1 Å². The molecular formula is C17H18Cl3N2O+. The summed E-state index contributed by atoms with van der Waals surface area (Å²) in [6.45, 7) is 3.85. The van der Waals surface area contributed by atoms with Crippen molar-refractivity contribution in [2.24, 2.45) is 0 Å². The van der Waals surface area contributed by atoms with E-state index in [4.69, 9.17) is 34.8 Å². The Bertz CT molecular complexity index is 706. The van der Waals surface area contributed by atoms with Gasteiger partial charge in [-0.1, -0.05) is 53.0 Å². The minimum Gasteiger partial charge on any atom is -0.330 e. The van der Waals surface area contributed by atoms with Gasteiger partial charge in [-0.3, -0.25) is 4.79 Å². The molecule has 122 valence electrons. The van der Waals surface area contributed by atoms with Crippen LogP contribution in [0.15, 0.2) is 42.5 Å². The molecule has 0 heterocycles. The molecule has 2 aromatic rings. The lowest BCUT2D eigenvalue weighted by Crippen LogP contribution is -2.91. The monoisotopic (exact) mass is 371 g/mol. The number of benzene rings is 2. The summed E-state index contributed by atoms with van der Waals surface area (Å²) in [4.78, 5) is 12.3. The molecule has 0 saturated carbocycles. The SMILES string of the molecule is C[C@H]([NH2+][C@H](C)C(=O)Nc1ccc(Cl)cc1Cl)c1ccccc1Cl. The Hall–Kier alpha value is -1.26. The first-order valence-corrected chi connectivity index (χ1v) is 8.37. The number of nitrogens with two attached hydrogens (primary N) is 1. The summed E-state index contributed by atoms with van der Waals surface area (Å²) in [6, 6.07) is 12.4. The zero-order valence-corrected chi connectivity index (χ0v) is 15.1. The predicted molar refractivity (Wildman–Crippen MR) is 96.3 cm³/mol. The largest absolute Gasteiger partial charge is 0.330 e. The Morgan fingerprint density at radius 3 is 2.39 bits per heavy atom. The summed E-state index contributed by atoms with van der Waals surface area (Å²) in [7, 11) is 0. The van der Waals surface area contributed by atoms with Gasteiger partial charge in [0.15, 0.2) is 6.04 Å². The smallest absolute Gasteiger partial charge is 0.282 e. The first-order valence-electron chi connectivity index (χ1n) is 7.24. The summed E-state index contributed by atoms with van der Waals surface area (Å²) < 4.78 is 0. The molecule has 0 fully saturated rings. The molecule has 0 aliphatic carbocycles. The van der Waals surface area contributed by atoms with E-state index in [0.29, 0.717) is 20.8 Å². The van der Waals surface area contributed by atoms with Gasteiger partial charge in [0.25, 0.3) is 5.91 Å². The number of carbonyl (C=O) groups excluding carboxylic acids is 1. The molecule has 0 spiro atoms. The number of quaternary nitrogens is 1. The van der Waals surface area contributed by atoms with E-state index in [1.807, 2.05) is 43.4 Å². The van der Waals surface area contributed by atoms with Crippen LogP contribution in [0.4, 0.5) is 5.69 Å². The van der Waals surface area contributed by atoms with Crippen LogP contribution in [0.1, 0.15) is 25.5 Å². The molecule has 0 aliphatic rings. The fourth-order valence-corrected chi connectivity index (χ4v) is 3.07. The maximum atomic E-state index is 12.3. The second kappa shape index (κ2) is 8.02. The second-order valence-electron chi connectivity index (χ2n) is 5.40. The zero-order chi connectivity index (χ0) is 17.0. The van der Waals surface area contributed by atoms with Crippen LogP contribution in [0.3, 0.4) is 0 Å². The average molecular weight is 373 g/mol. The van der Waals surface area contributed by atoms with Gasteiger partial charge in [0.05, 0.1) is 10.7 Å². The molecule has 1 amide bonds. The van der Waals surface area contributed by atoms with E-state index >= 15 is 0 Å². The Labute approximate surface area is 150 Å². The third-order valence-electron chi connectivity index (χ3n) is 3.58. The van der Waals surface area contributed by atoms with E-state index < -0.39 is 0 Å². The van der Waals surface area contributed by atoms with Crippen LogP contribution < -0.4 is 10.6 Å². The fraction of sp³-hybridized carbons (Fsp3) is 0.235. The molecule has 0 bridgehead atoms. The van der Waals surface area contributed by atoms with Gasteiger partial charge in [0.2, 0.25) is 0 Å². The number of hydrogen-bond donors (Lipinski definition) is 2. The Kier molecular flexibility index (Phi) is 6.31. The zero-order valence-electron chi connectivity index (χ0n) is 12.8.